The maximum Gasteiger partial charge on any atom is 0.311 e. The number of aliphatic carboxylic acids is 1. The standard InChI is InChI=1S/C12H22N2O3/c1-3-7-13-8-10(15)14-9-5-4-6-12(9,2)11(16)17/h9,13H,3-8H2,1-2H3,(H,14,15)(H,16,17). The van der Waals surface area contributed by atoms with Gasteiger partial charge >= 0.3 is 5.97 Å². The lowest BCUT2D eigenvalue weighted by molar-refractivity contribution is -0.149. The van der Waals surface area contributed by atoms with Crippen LogP contribution in [0.25, 0.3) is 0 Å². The van der Waals surface area contributed by atoms with Crippen molar-refractivity contribution < 1.29 is 14.7 Å². The highest BCUT2D eigenvalue weighted by atomic mass is 16.4. The molecule has 1 saturated carbocycles. The lowest BCUT2D eigenvalue weighted by atomic mass is 9.85. The first kappa shape index (κ1) is 14.0. The molecule has 1 rings (SSSR count). The van der Waals surface area contributed by atoms with Crippen LogP contribution in [0.5, 0.6) is 0 Å². The number of carboxylic acid groups (broad SMARTS) is 1. The minimum absolute atomic E-state index is 0.113. The van der Waals surface area contributed by atoms with Crippen LogP contribution in [0.15, 0.2) is 0 Å². The van der Waals surface area contributed by atoms with Gasteiger partial charge in [0, 0.05) is 6.04 Å². The van der Waals surface area contributed by atoms with Crippen molar-refractivity contribution in [3.63, 3.8) is 0 Å². The summed E-state index contributed by atoms with van der Waals surface area (Å²) < 4.78 is 0. The summed E-state index contributed by atoms with van der Waals surface area (Å²) in [6, 6.07) is -0.240. The van der Waals surface area contributed by atoms with E-state index in [2.05, 4.69) is 10.6 Å². The Balaban J connectivity index is 2.45. The largest absolute Gasteiger partial charge is 0.481 e. The predicted molar refractivity (Wildman–Crippen MR) is 64.7 cm³/mol. The molecule has 0 saturated heterocycles. The molecule has 1 amide bonds. The van der Waals surface area contributed by atoms with Crippen molar-refractivity contribution in [2.45, 2.75) is 45.6 Å². The highest BCUT2D eigenvalue weighted by Gasteiger charge is 2.45. The Labute approximate surface area is 102 Å². The Morgan fingerprint density at radius 3 is 2.76 bits per heavy atom. The zero-order valence-corrected chi connectivity index (χ0v) is 10.6. The second-order valence-electron chi connectivity index (χ2n) is 4.91. The second-order valence-corrected chi connectivity index (χ2v) is 4.91. The van der Waals surface area contributed by atoms with Crippen molar-refractivity contribution in [2.24, 2.45) is 5.41 Å². The highest BCUT2D eigenvalue weighted by molar-refractivity contribution is 5.81. The van der Waals surface area contributed by atoms with E-state index in [1.165, 1.54) is 0 Å². The van der Waals surface area contributed by atoms with Gasteiger partial charge in [0.1, 0.15) is 0 Å². The van der Waals surface area contributed by atoms with E-state index in [0.29, 0.717) is 6.42 Å². The molecule has 5 heteroatoms. The van der Waals surface area contributed by atoms with Crippen LogP contribution in [0.2, 0.25) is 0 Å². The number of hydrogen-bond acceptors (Lipinski definition) is 3. The van der Waals surface area contributed by atoms with Crippen molar-refractivity contribution >= 4 is 11.9 Å². The van der Waals surface area contributed by atoms with Crippen LogP contribution in [-0.4, -0.2) is 36.1 Å². The molecule has 0 heterocycles. The molecule has 98 valence electrons. The smallest absolute Gasteiger partial charge is 0.311 e. The number of carbonyl (C=O) groups excluding carboxylic acids is 1. The van der Waals surface area contributed by atoms with Crippen molar-refractivity contribution in [1.82, 2.24) is 10.6 Å². The van der Waals surface area contributed by atoms with Gasteiger partial charge in [-0.1, -0.05) is 13.3 Å². The van der Waals surface area contributed by atoms with E-state index in [-0.39, 0.29) is 18.5 Å². The van der Waals surface area contributed by atoms with Crippen LogP contribution in [0.1, 0.15) is 39.5 Å². The quantitative estimate of drug-likeness (QED) is 0.600. The van der Waals surface area contributed by atoms with E-state index in [1.54, 1.807) is 6.92 Å². The van der Waals surface area contributed by atoms with Crippen LogP contribution >= 0.6 is 0 Å². The van der Waals surface area contributed by atoms with Crippen LogP contribution in [0, 0.1) is 5.41 Å². The molecule has 0 aromatic rings. The van der Waals surface area contributed by atoms with Gasteiger partial charge in [0.25, 0.3) is 0 Å². The van der Waals surface area contributed by atoms with Crippen LogP contribution < -0.4 is 10.6 Å². The summed E-state index contributed by atoms with van der Waals surface area (Å²) in [5.41, 5.74) is -0.805. The van der Waals surface area contributed by atoms with Crippen LogP contribution in [0.4, 0.5) is 0 Å². The fourth-order valence-corrected chi connectivity index (χ4v) is 2.28. The van der Waals surface area contributed by atoms with E-state index < -0.39 is 11.4 Å². The predicted octanol–water partition coefficient (Wildman–Crippen LogP) is 0.746. The molecule has 2 atom stereocenters. The molecule has 0 radical (unpaired) electrons. The molecule has 2 unspecified atom stereocenters. The monoisotopic (exact) mass is 242 g/mol. The van der Waals surface area contributed by atoms with Crippen molar-refractivity contribution in [2.75, 3.05) is 13.1 Å². The molecule has 17 heavy (non-hydrogen) atoms. The Bertz CT molecular complexity index is 293. The van der Waals surface area contributed by atoms with Gasteiger partial charge in [0.15, 0.2) is 0 Å². The maximum atomic E-state index is 11.6. The third-order valence-electron chi connectivity index (χ3n) is 3.49. The molecule has 0 aromatic carbocycles. The average molecular weight is 242 g/mol. The van der Waals surface area contributed by atoms with Crippen LogP contribution in [-0.2, 0) is 9.59 Å². The number of carbonyl (C=O) groups is 2. The van der Waals surface area contributed by atoms with Crippen LogP contribution in [0.3, 0.4) is 0 Å². The SMILES string of the molecule is CCCNCC(=O)NC1CCCC1(C)C(=O)O. The van der Waals surface area contributed by atoms with E-state index >= 15 is 0 Å². The van der Waals surface area contributed by atoms with Crippen molar-refractivity contribution in [1.29, 1.82) is 0 Å². The first-order valence-corrected chi connectivity index (χ1v) is 6.24. The Kier molecular flexibility index (Phi) is 4.93. The normalized spacial score (nSPS) is 28.0. The van der Waals surface area contributed by atoms with Gasteiger partial charge in [-0.25, -0.2) is 0 Å². The third kappa shape index (κ3) is 3.43. The topological polar surface area (TPSA) is 78.4 Å². The number of rotatable bonds is 6. The van der Waals surface area contributed by atoms with Gasteiger partial charge in [-0.2, -0.15) is 0 Å². The Hall–Kier alpha value is -1.10. The molecule has 5 nitrogen and oxygen atoms in total. The zero-order valence-electron chi connectivity index (χ0n) is 10.6. The molecule has 3 N–H and O–H groups in total. The Morgan fingerprint density at radius 1 is 1.47 bits per heavy atom. The van der Waals surface area contributed by atoms with Gasteiger partial charge in [0.2, 0.25) is 5.91 Å². The summed E-state index contributed by atoms with van der Waals surface area (Å²) in [5, 5.41) is 15.0. The van der Waals surface area contributed by atoms with Gasteiger partial charge in [-0.05, 0) is 32.7 Å². The molecule has 0 bridgehead atoms. The summed E-state index contributed by atoms with van der Waals surface area (Å²) >= 11 is 0. The lowest BCUT2D eigenvalue weighted by Crippen LogP contribution is -2.49. The van der Waals surface area contributed by atoms with Gasteiger partial charge < -0.3 is 15.7 Å². The molecule has 0 aromatic heterocycles. The Morgan fingerprint density at radius 2 is 2.18 bits per heavy atom. The fourth-order valence-electron chi connectivity index (χ4n) is 2.28. The molecular weight excluding hydrogens is 220 g/mol. The van der Waals surface area contributed by atoms with E-state index in [4.69, 9.17) is 0 Å². The number of hydrogen-bond donors (Lipinski definition) is 3. The fraction of sp³-hybridized carbons (Fsp3) is 0.833. The first-order chi connectivity index (χ1) is 8.00. The third-order valence-corrected chi connectivity index (χ3v) is 3.49. The minimum Gasteiger partial charge on any atom is -0.481 e. The number of nitrogens with one attached hydrogen (secondary N) is 2. The first-order valence-electron chi connectivity index (χ1n) is 6.24. The summed E-state index contributed by atoms with van der Waals surface area (Å²) in [5.74, 6) is -0.931. The molecule has 0 aliphatic heterocycles. The lowest BCUT2D eigenvalue weighted by Gasteiger charge is -2.27. The molecule has 1 fully saturated rings. The zero-order chi connectivity index (χ0) is 12.9. The second kappa shape index (κ2) is 6.00. The highest BCUT2D eigenvalue weighted by Crippen LogP contribution is 2.38. The van der Waals surface area contributed by atoms with Crippen molar-refractivity contribution in [3.8, 4) is 0 Å². The maximum absolute atomic E-state index is 11.6. The van der Waals surface area contributed by atoms with Gasteiger partial charge in [-0.3, -0.25) is 9.59 Å². The number of carboxylic acids is 1. The van der Waals surface area contributed by atoms with E-state index in [9.17, 15) is 14.7 Å². The van der Waals surface area contributed by atoms with E-state index in [1.807, 2.05) is 6.92 Å². The molecule has 1 aliphatic carbocycles. The van der Waals surface area contributed by atoms with Gasteiger partial charge in [-0.15, -0.1) is 0 Å². The summed E-state index contributed by atoms with van der Waals surface area (Å²) in [4.78, 5) is 22.8. The summed E-state index contributed by atoms with van der Waals surface area (Å²) in [7, 11) is 0. The summed E-state index contributed by atoms with van der Waals surface area (Å²) in [6.45, 7) is 4.81. The van der Waals surface area contributed by atoms with E-state index in [0.717, 1.165) is 25.8 Å². The average Bonchev–Trinajstić information content (AvgIpc) is 2.62. The number of amides is 1. The van der Waals surface area contributed by atoms with Gasteiger partial charge in [0.05, 0.1) is 12.0 Å². The molecule has 0 spiro atoms. The minimum atomic E-state index is -0.818. The summed E-state index contributed by atoms with van der Waals surface area (Å²) in [6.07, 6.45) is 3.22. The molecule has 1 aliphatic rings. The molecular formula is C12H22N2O3. The van der Waals surface area contributed by atoms with Crippen molar-refractivity contribution in [3.05, 3.63) is 0 Å².